The van der Waals surface area contributed by atoms with Gasteiger partial charge in [0, 0.05) is 0 Å². The Bertz CT molecular complexity index is 1740. The molecule has 0 saturated heterocycles. The second-order valence-corrected chi connectivity index (χ2v) is 10.8. The lowest BCUT2D eigenvalue weighted by Crippen LogP contribution is -2.40. The fourth-order valence-electron chi connectivity index (χ4n) is 4.61. The van der Waals surface area contributed by atoms with Crippen LogP contribution in [0.3, 0.4) is 0 Å². The van der Waals surface area contributed by atoms with Gasteiger partial charge in [0.05, 0.1) is 38.5 Å². The third-order valence-electron chi connectivity index (χ3n) is 6.26. The number of halogens is 2. The Kier molecular flexibility index (Phi) is 8.39. The van der Waals surface area contributed by atoms with E-state index in [0.29, 0.717) is 44.1 Å². The van der Waals surface area contributed by atoms with Gasteiger partial charge in [0.25, 0.3) is 5.56 Å². The summed E-state index contributed by atoms with van der Waals surface area (Å²) in [6.07, 6.45) is 2.83. The third-order valence-corrected chi connectivity index (χ3v) is 7.81. The van der Waals surface area contributed by atoms with Crippen LogP contribution in [0.2, 0.25) is 10.0 Å². The minimum absolute atomic E-state index is 0.0282. The molecule has 3 heterocycles. The van der Waals surface area contributed by atoms with Crippen LogP contribution in [0.5, 0.6) is 17.2 Å². The summed E-state index contributed by atoms with van der Waals surface area (Å²) in [5, 5.41) is 9.07. The molecule has 41 heavy (non-hydrogen) atoms. The number of ether oxygens (including phenoxy) is 4. The minimum Gasteiger partial charge on any atom is -0.479 e. The molecule has 2 aliphatic heterocycles. The van der Waals surface area contributed by atoms with Crippen LogP contribution in [0.25, 0.3) is 6.08 Å². The van der Waals surface area contributed by atoms with Gasteiger partial charge in [-0.3, -0.25) is 9.36 Å². The molecule has 214 valence electrons. The lowest BCUT2D eigenvalue weighted by molar-refractivity contribution is -0.140. The SMILES string of the molecule is CCCC1=C(C(=O)OCC)[C@@H](c2ccc3c(c2)OCO3)n2c(s/c(=C\c3cc(Cl)c(OCC(=O)O)c(Cl)c3)c2=O)=N1. The van der Waals surface area contributed by atoms with E-state index in [2.05, 4.69) is 0 Å². The zero-order chi connectivity index (χ0) is 29.3. The van der Waals surface area contributed by atoms with E-state index in [9.17, 15) is 14.4 Å². The van der Waals surface area contributed by atoms with Crippen LogP contribution < -0.4 is 29.1 Å². The Balaban J connectivity index is 1.68. The number of aromatic nitrogens is 1. The van der Waals surface area contributed by atoms with Crippen molar-refractivity contribution in [3.63, 3.8) is 0 Å². The molecular weight excluding hydrogens is 595 g/mol. The zero-order valence-corrected chi connectivity index (χ0v) is 24.3. The number of aliphatic carboxylic acids is 1. The number of carbonyl (C=O) groups is 2. The standard InChI is InChI=1S/C28H24Cl2N2O8S/c1-3-5-18-23(27(36)37-4-2)24(15-6-7-19-20(11-15)40-13-39-19)32-26(35)21(41-28(32)31-18)10-14-8-16(29)25(17(30)9-14)38-12-22(33)34/h6-11,24H,3-5,12-13H2,1-2H3,(H,33,34)/b21-10-/t24-/m1/s1. The molecule has 0 fully saturated rings. The first-order valence-electron chi connectivity index (χ1n) is 12.7. The number of carboxylic acids is 1. The van der Waals surface area contributed by atoms with Crippen molar-refractivity contribution in [2.75, 3.05) is 20.0 Å². The van der Waals surface area contributed by atoms with Crippen LogP contribution in [0.4, 0.5) is 0 Å². The van der Waals surface area contributed by atoms with Crippen LogP contribution in [0, 0.1) is 0 Å². The zero-order valence-electron chi connectivity index (χ0n) is 21.9. The van der Waals surface area contributed by atoms with Crippen LogP contribution in [0.1, 0.15) is 43.9 Å². The number of hydrogen-bond acceptors (Lipinski definition) is 9. The predicted molar refractivity (Wildman–Crippen MR) is 152 cm³/mol. The number of esters is 1. The fraction of sp³-hybridized carbons (Fsp3) is 0.286. The van der Waals surface area contributed by atoms with E-state index in [1.165, 1.54) is 16.7 Å². The lowest BCUT2D eigenvalue weighted by Gasteiger charge is -2.25. The molecule has 10 nitrogen and oxygen atoms in total. The van der Waals surface area contributed by atoms with Crippen molar-refractivity contribution in [3.05, 3.63) is 82.5 Å². The summed E-state index contributed by atoms with van der Waals surface area (Å²) in [7, 11) is 0. The summed E-state index contributed by atoms with van der Waals surface area (Å²) in [6, 6.07) is 7.51. The molecule has 0 radical (unpaired) electrons. The highest BCUT2D eigenvalue weighted by Gasteiger charge is 2.35. The Morgan fingerprint density at radius 2 is 1.90 bits per heavy atom. The molecule has 1 aromatic heterocycles. The molecule has 0 saturated carbocycles. The van der Waals surface area contributed by atoms with Crippen LogP contribution in [-0.2, 0) is 14.3 Å². The summed E-state index contributed by atoms with van der Waals surface area (Å²) >= 11 is 13.8. The number of carbonyl (C=O) groups excluding carboxylic acids is 1. The first-order valence-corrected chi connectivity index (χ1v) is 14.2. The predicted octanol–water partition coefficient (Wildman–Crippen LogP) is 4.08. The number of allylic oxidation sites excluding steroid dienone is 1. The molecule has 13 heteroatoms. The van der Waals surface area contributed by atoms with Gasteiger partial charge in [-0.25, -0.2) is 14.6 Å². The average molecular weight is 619 g/mol. The van der Waals surface area contributed by atoms with E-state index >= 15 is 0 Å². The molecule has 2 aromatic carbocycles. The molecule has 1 atom stereocenters. The smallest absolute Gasteiger partial charge is 0.341 e. The first-order chi connectivity index (χ1) is 19.7. The summed E-state index contributed by atoms with van der Waals surface area (Å²) < 4.78 is 23.4. The highest BCUT2D eigenvalue weighted by atomic mass is 35.5. The van der Waals surface area contributed by atoms with Gasteiger partial charge in [-0.2, -0.15) is 0 Å². The highest BCUT2D eigenvalue weighted by Crippen LogP contribution is 2.39. The van der Waals surface area contributed by atoms with E-state index in [0.717, 1.165) is 17.8 Å². The summed E-state index contributed by atoms with van der Waals surface area (Å²) in [6.45, 7) is 3.33. The monoisotopic (exact) mass is 618 g/mol. The van der Waals surface area contributed by atoms with Gasteiger partial charge >= 0.3 is 11.9 Å². The largest absolute Gasteiger partial charge is 0.479 e. The Morgan fingerprint density at radius 1 is 1.17 bits per heavy atom. The van der Waals surface area contributed by atoms with Gasteiger partial charge in [0.2, 0.25) is 6.79 Å². The molecule has 3 aromatic rings. The van der Waals surface area contributed by atoms with Crippen molar-refractivity contribution in [1.82, 2.24) is 4.57 Å². The lowest BCUT2D eigenvalue weighted by atomic mass is 9.94. The maximum Gasteiger partial charge on any atom is 0.341 e. The Labute approximate surface area is 247 Å². The van der Waals surface area contributed by atoms with Gasteiger partial charge < -0.3 is 24.1 Å². The van der Waals surface area contributed by atoms with Crippen molar-refractivity contribution in [2.45, 2.75) is 32.7 Å². The Hall–Kier alpha value is -3.80. The molecular formula is C28H24Cl2N2O8S. The summed E-state index contributed by atoms with van der Waals surface area (Å²) in [5.41, 5.74) is 1.59. The van der Waals surface area contributed by atoms with Gasteiger partial charge in [0.15, 0.2) is 28.7 Å². The number of fused-ring (bicyclic) bond motifs is 2. The average Bonchev–Trinajstić information content (AvgIpc) is 3.51. The molecule has 0 aliphatic carbocycles. The van der Waals surface area contributed by atoms with E-state index in [1.54, 1.807) is 31.2 Å². The number of thiazole rings is 1. The van der Waals surface area contributed by atoms with Crippen LogP contribution in [-0.4, -0.2) is 41.6 Å². The van der Waals surface area contributed by atoms with Gasteiger partial charge in [-0.15, -0.1) is 0 Å². The quantitative estimate of drug-likeness (QED) is 0.356. The van der Waals surface area contributed by atoms with E-state index in [-0.39, 0.29) is 40.3 Å². The van der Waals surface area contributed by atoms with Crippen molar-refractivity contribution >= 4 is 52.6 Å². The van der Waals surface area contributed by atoms with Crippen LogP contribution >= 0.6 is 34.5 Å². The summed E-state index contributed by atoms with van der Waals surface area (Å²) in [5.74, 6) is -0.617. The molecule has 2 aliphatic rings. The highest BCUT2D eigenvalue weighted by molar-refractivity contribution is 7.07. The topological polar surface area (TPSA) is 126 Å². The summed E-state index contributed by atoms with van der Waals surface area (Å²) in [4.78, 5) is 43.3. The van der Waals surface area contributed by atoms with Gasteiger partial charge in [-0.1, -0.05) is 53.9 Å². The molecule has 0 amide bonds. The number of rotatable bonds is 9. The first kappa shape index (κ1) is 28.7. The van der Waals surface area contributed by atoms with Crippen molar-refractivity contribution in [1.29, 1.82) is 0 Å². The molecule has 1 N–H and O–H groups in total. The molecule has 5 rings (SSSR count). The van der Waals surface area contributed by atoms with E-state index in [1.807, 2.05) is 6.92 Å². The Morgan fingerprint density at radius 3 is 2.59 bits per heavy atom. The van der Waals surface area contributed by atoms with Crippen molar-refractivity contribution in [3.8, 4) is 17.2 Å². The van der Waals surface area contributed by atoms with E-state index in [4.69, 9.17) is 52.2 Å². The van der Waals surface area contributed by atoms with E-state index < -0.39 is 24.6 Å². The number of nitrogens with zero attached hydrogens (tertiary/aromatic N) is 2. The maximum absolute atomic E-state index is 13.9. The van der Waals surface area contributed by atoms with Crippen molar-refractivity contribution < 1.29 is 33.6 Å². The number of hydrogen-bond donors (Lipinski definition) is 1. The second-order valence-electron chi connectivity index (χ2n) is 9.02. The van der Waals surface area contributed by atoms with Gasteiger partial charge in [-0.05, 0) is 54.8 Å². The van der Waals surface area contributed by atoms with Crippen molar-refractivity contribution in [2.24, 2.45) is 4.99 Å². The minimum atomic E-state index is -1.18. The molecule has 0 unspecified atom stereocenters. The fourth-order valence-corrected chi connectivity index (χ4v) is 6.24. The van der Waals surface area contributed by atoms with Crippen LogP contribution in [0.15, 0.2) is 51.4 Å². The molecule has 0 spiro atoms. The molecule has 0 bridgehead atoms. The van der Waals surface area contributed by atoms with Gasteiger partial charge in [0.1, 0.15) is 0 Å². The maximum atomic E-state index is 13.9. The normalized spacial score (nSPS) is 15.9. The second kappa shape index (κ2) is 12.0. The number of carboxylic acid groups (broad SMARTS) is 1. The number of benzene rings is 2. The third kappa shape index (κ3) is 5.70.